The molecule has 1 aliphatic heterocycles. The highest BCUT2D eigenvalue weighted by Gasteiger charge is 2.37. The second-order valence-corrected chi connectivity index (χ2v) is 6.82. The molecule has 3 aromatic rings. The highest BCUT2D eigenvalue weighted by atomic mass is 35.5. The third-order valence-electron chi connectivity index (χ3n) is 4.68. The van der Waals surface area contributed by atoms with Gasteiger partial charge < -0.3 is 9.32 Å². The van der Waals surface area contributed by atoms with Gasteiger partial charge in [-0.3, -0.25) is 9.20 Å². The quantitative estimate of drug-likeness (QED) is 0.635. The van der Waals surface area contributed by atoms with Crippen LogP contribution in [0.2, 0.25) is 5.15 Å². The number of hydrogen-bond acceptors (Lipinski definition) is 4. The third kappa shape index (κ3) is 2.99. The number of nitrogens with zero attached hydrogens (tertiary/aromatic N) is 4. The summed E-state index contributed by atoms with van der Waals surface area (Å²) < 4.78 is 46.9. The summed E-state index contributed by atoms with van der Waals surface area (Å²) in [6.45, 7) is 0.527. The minimum absolute atomic E-state index is 0.200. The highest BCUT2D eigenvalue weighted by molar-refractivity contribution is 6.33. The maximum atomic E-state index is 13.6. The van der Waals surface area contributed by atoms with Crippen LogP contribution >= 0.6 is 11.6 Å². The number of furan rings is 1. The van der Waals surface area contributed by atoms with Gasteiger partial charge in [-0.05, 0) is 18.6 Å². The molecule has 3 aromatic heterocycles. The lowest BCUT2D eigenvalue weighted by atomic mass is 10.1. The average molecular weight is 409 g/mol. The molecule has 4 rings (SSSR count). The van der Waals surface area contributed by atoms with Crippen LogP contribution in [0.15, 0.2) is 35.3 Å². The molecule has 1 unspecified atom stereocenters. The Morgan fingerprint density at radius 2 is 2.18 bits per heavy atom. The van der Waals surface area contributed by atoms with Crippen molar-refractivity contribution < 1.29 is 22.4 Å². The van der Waals surface area contributed by atoms with Crippen molar-refractivity contribution in [1.82, 2.24) is 14.3 Å². The predicted molar refractivity (Wildman–Crippen MR) is 92.5 cm³/mol. The van der Waals surface area contributed by atoms with Crippen molar-refractivity contribution in [2.45, 2.75) is 12.6 Å². The lowest BCUT2D eigenvalue weighted by molar-refractivity contribution is -0.136. The van der Waals surface area contributed by atoms with Crippen molar-refractivity contribution in [2.24, 2.45) is 5.92 Å². The van der Waals surface area contributed by atoms with Gasteiger partial charge in [-0.25, -0.2) is 4.98 Å². The van der Waals surface area contributed by atoms with E-state index in [1.54, 1.807) is 0 Å². The number of aromatic nitrogens is 2. The van der Waals surface area contributed by atoms with Gasteiger partial charge in [-0.15, -0.1) is 0 Å². The van der Waals surface area contributed by atoms with Gasteiger partial charge in [0.05, 0.1) is 30.1 Å². The van der Waals surface area contributed by atoms with Crippen molar-refractivity contribution in [3.05, 3.63) is 47.3 Å². The molecule has 0 aromatic carbocycles. The van der Waals surface area contributed by atoms with E-state index in [0.29, 0.717) is 18.5 Å². The number of carbonyl (C=O) groups is 1. The van der Waals surface area contributed by atoms with Gasteiger partial charge in [0.1, 0.15) is 5.15 Å². The minimum atomic E-state index is -4.70. The number of likely N-dealkylation sites (tertiary alicyclic amines) is 1. The van der Waals surface area contributed by atoms with Crippen LogP contribution in [-0.2, 0) is 6.18 Å². The van der Waals surface area contributed by atoms with Gasteiger partial charge >= 0.3 is 6.18 Å². The first-order valence-electron chi connectivity index (χ1n) is 8.30. The number of nitriles is 1. The van der Waals surface area contributed by atoms with Gasteiger partial charge in [0.2, 0.25) is 0 Å². The molecule has 10 heteroatoms. The lowest BCUT2D eigenvalue weighted by Crippen LogP contribution is -2.29. The number of hydrogen-bond donors (Lipinski definition) is 0. The minimum Gasteiger partial charge on any atom is -0.472 e. The van der Waals surface area contributed by atoms with Gasteiger partial charge in [-0.2, -0.15) is 18.4 Å². The van der Waals surface area contributed by atoms with Gasteiger partial charge in [0, 0.05) is 30.4 Å². The Hall–Kier alpha value is -2.99. The van der Waals surface area contributed by atoms with E-state index < -0.39 is 23.3 Å². The molecule has 0 aliphatic carbocycles. The lowest BCUT2D eigenvalue weighted by Gasteiger charge is -2.13. The van der Waals surface area contributed by atoms with Crippen LogP contribution in [0.1, 0.15) is 22.5 Å². The van der Waals surface area contributed by atoms with Crippen LogP contribution in [0, 0.1) is 17.2 Å². The third-order valence-corrected chi connectivity index (χ3v) is 5.04. The van der Waals surface area contributed by atoms with Crippen LogP contribution in [0.25, 0.3) is 16.8 Å². The molecule has 144 valence electrons. The maximum Gasteiger partial charge on any atom is 0.420 e. The molecule has 28 heavy (non-hydrogen) atoms. The first-order valence-corrected chi connectivity index (χ1v) is 8.67. The molecule has 6 nitrogen and oxygen atoms in total. The molecular formula is C18H12ClF3N4O2. The zero-order chi connectivity index (χ0) is 20.1. The van der Waals surface area contributed by atoms with E-state index >= 15 is 0 Å². The van der Waals surface area contributed by atoms with E-state index in [2.05, 4.69) is 11.1 Å². The van der Waals surface area contributed by atoms with E-state index in [-0.39, 0.29) is 28.9 Å². The number of imidazole rings is 1. The predicted octanol–water partition coefficient (Wildman–Crippen LogP) is 4.25. The zero-order valence-electron chi connectivity index (χ0n) is 14.2. The van der Waals surface area contributed by atoms with Crippen molar-refractivity contribution >= 4 is 23.2 Å². The zero-order valence-corrected chi connectivity index (χ0v) is 15.0. The summed E-state index contributed by atoms with van der Waals surface area (Å²) in [5.41, 5.74) is -1.08. The Morgan fingerprint density at radius 3 is 2.79 bits per heavy atom. The first kappa shape index (κ1) is 18.4. The summed E-state index contributed by atoms with van der Waals surface area (Å²) in [6, 6.07) is 4.55. The summed E-state index contributed by atoms with van der Waals surface area (Å²) in [6.07, 6.45) is -0.161. The summed E-state index contributed by atoms with van der Waals surface area (Å²) >= 11 is 6.25. The number of rotatable bonds is 2. The molecule has 1 atom stereocenters. The molecule has 1 saturated heterocycles. The highest BCUT2D eigenvalue weighted by Crippen LogP contribution is 2.37. The standard InChI is InChI=1S/C18H12ClF3N4O2/c19-15-14(17(27)25-3-1-10(6-23)7-25)24-16-13(18(20,21)22)5-12(8-26(15)16)11-2-4-28-9-11/h2,4-5,8-10H,1,3,7H2. The molecule has 4 heterocycles. The Kier molecular flexibility index (Phi) is 4.31. The summed E-state index contributed by atoms with van der Waals surface area (Å²) in [4.78, 5) is 18.0. The summed E-state index contributed by atoms with van der Waals surface area (Å²) in [5, 5.41) is 8.77. The van der Waals surface area contributed by atoms with Crippen LogP contribution in [0.4, 0.5) is 13.2 Å². The molecule has 1 amide bonds. The molecular weight excluding hydrogens is 397 g/mol. The number of halogens is 4. The topological polar surface area (TPSA) is 74.5 Å². The first-order chi connectivity index (χ1) is 13.3. The Balaban J connectivity index is 1.86. The fraction of sp³-hybridized carbons (Fsp3) is 0.278. The van der Waals surface area contributed by atoms with E-state index in [1.807, 2.05) is 0 Å². The van der Waals surface area contributed by atoms with Crippen molar-refractivity contribution in [3.8, 4) is 17.2 Å². The Labute approximate surface area is 161 Å². The van der Waals surface area contributed by atoms with E-state index in [9.17, 15) is 18.0 Å². The fourth-order valence-electron chi connectivity index (χ4n) is 3.25. The normalized spacial score (nSPS) is 17.2. The maximum absolute atomic E-state index is 13.6. The Bertz CT molecular complexity index is 1100. The SMILES string of the molecule is N#CC1CCN(C(=O)c2nc3c(C(F)(F)F)cc(-c4ccoc4)cn3c2Cl)C1. The molecule has 1 fully saturated rings. The molecule has 0 radical (unpaired) electrons. The van der Waals surface area contributed by atoms with Crippen molar-refractivity contribution in [1.29, 1.82) is 5.26 Å². The van der Waals surface area contributed by atoms with E-state index in [1.165, 1.54) is 29.7 Å². The summed E-state index contributed by atoms with van der Waals surface area (Å²) in [5.74, 6) is -0.900. The monoisotopic (exact) mass is 408 g/mol. The van der Waals surface area contributed by atoms with E-state index in [4.69, 9.17) is 21.3 Å². The second kappa shape index (κ2) is 6.56. The molecule has 0 saturated carbocycles. The number of fused-ring (bicyclic) bond motifs is 1. The smallest absolute Gasteiger partial charge is 0.420 e. The van der Waals surface area contributed by atoms with Crippen molar-refractivity contribution in [2.75, 3.05) is 13.1 Å². The van der Waals surface area contributed by atoms with Gasteiger partial charge in [-0.1, -0.05) is 11.6 Å². The van der Waals surface area contributed by atoms with Crippen LogP contribution < -0.4 is 0 Å². The molecule has 0 N–H and O–H groups in total. The van der Waals surface area contributed by atoms with Gasteiger partial charge in [0.15, 0.2) is 11.3 Å². The van der Waals surface area contributed by atoms with Crippen LogP contribution in [0.3, 0.4) is 0 Å². The number of amides is 1. The molecule has 0 bridgehead atoms. The number of alkyl halides is 3. The largest absolute Gasteiger partial charge is 0.472 e. The van der Waals surface area contributed by atoms with Gasteiger partial charge in [0.25, 0.3) is 5.91 Å². The number of carbonyl (C=O) groups excluding carboxylic acids is 1. The average Bonchev–Trinajstić information content (AvgIpc) is 3.40. The van der Waals surface area contributed by atoms with E-state index in [0.717, 1.165) is 10.5 Å². The summed E-state index contributed by atoms with van der Waals surface area (Å²) in [7, 11) is 0. The van der Waals surface area contributed by atoms with Crippen molar-refractivity contribution in [3.63, 3.8) is 0 Å². The molecule has 1 aliphatic rings. The van der Waals surface area contributed by atoms with Crippen LogP contribution in [-0.4, -0.2) is 33.3 Å². The Morgan fingerprint density at radius 1 is 1.39 bits per heavy atom. The molecule has 0 spiro atoms. The number of pyridine rings is 1. The van der Waals surface area contributed by atoms with Crippen LogP contribution in [0.5, 0.6) is 0 Å². The fourth-order valence-corrected chi connectivity index (χ4v) is 3.50. The second-order valence-electron chi connectivity index (χ2n) is 6.46.